The molecule has 4 nitrogen and oxygen atoms in total. The third-order valence-electron chi connectivity index (χ3n) is 4.77. The Morgan fingerprint density at radius 3 is 2.60 bits per heavy atom. The molecule has 2 heterocycles. The molecule has 2 fully saturated rings. The van der Waals surface area contributed by atoms with Gasteiger partial charge in [-0.3, -0.25) is 4.79 Å². The van der Waals surface area contributed by atoms with Crippen LogP contribution in [0.4, 0.5) is 0 Å². The highest BCUT2D eigenvalue weighted by Gasteiger charge is 2.38. The maximum Gasteiger partial charge on any atom is 0.258 e. The number of nitrogens with zero attached hydrogens (tertiary/aromatic N) is 1. The summed E-state index contributed by atoms with van der Waals surface area (Å²) in [5, 5.41) is 0. The van der Waals surface area contributed by atoms with Crippen LogP contribution in [0.1, 0.15) is 53.1 Å². The SMILES string of the molecule is Cc1oc(C)c(C(=O)N2CCOC3CCCCC32)c1C. The van der Waals surface area contributed by atoms with Crippen molar-refractivity contribution in [2.24, 2.45) is 0 Å². The molecule has 2 aliphatic rings. The number of fused-ring (bicyclic) bond motifs is 1. The maximum absolute atomic E-state index is 12.9. The summed E-state index contributed by atoms with van der Waals surface area (Å²) < 4.78 is 11.5. The van der Waals surface area contributed by atoms with Gasteiger partial charge in [-0.25, -0.2) is 0 Å². The Labute approximate surface area is 120 Å². The summed E-state index contributed by atoms with van der Waals surface area (Å²) in [6.07, 6.45) is 4.78. The summed E-state index contributed by atoms with van der Waals surface area (Å²) in [6, 6.07) is 0.249. The van der Waals surface area contributed by atoms with Crippen LogP contribution in [-0.2, 0) is 4.74 Å². The normalized spacial score (nSPS) is 26.4. The lowest BCUT2D eigenvalue weighted by molar-refractivity contribution is -0.0753. The summed E-state index contributed by atoms with van der Waals surface area (Å²) in [6.45, 7) is 7.12. The molecule has 110 valence electrons. The number of hydrogen-bond donors (Lipinski definition) is 0. The summed E-state index contributed by atoms with van der Waals surface area (Å²) in [7, 11) is 0. The van der Waals surface area contributed by atoms with Gasteiger partial charge in [0.1, 0.15) is 11.5 Å². The van der Waals surface area contributed by atoms with Gasteiger partial charge in [0.05, 0.1) is 24.3 Å². The Kier molecular flexibility index (Phi) is 3.59. The van der Waals surface area contributed by atoms with Gasteiger partial charge in [-0.15, -0.1) is 0 Å². The molecule has 1 saturated heterocycles. The van der Waals surface area contributed by atoms with Crippen molar-refractivity contribution in [2.75, 3.05) is 13.2 Å². The molecular formula is C16H23NO3. The first-order valence-electron chi connectivity index (χ1n) is 7.58. The third-order valence-corrected chi connectivity index (χ3v) is 4.77. The molecule has 1 amide bonds. The molecule has 4 heteroatoms. The van der Waals surface area contributed by atoms with E-state index in [1.54, 1.807) is 0 Å². The highest BCUT2D eigenvalue weighted by molar-refractivity contribution is 5.97. The second-order valence-electron chi connectivity index (χ2n) is 5.97. The van der Waals surface area contributed by atoms with Gasteiger partial charge in [0.15, 0.2) is 0 Å². The van der Waals surface area contributed by atoms with Crippen molar-refractivity contribution >= 4 is 5.91 Å². The molecular weight excluding hydrogens is 254 g/mol. The van der Waals surface area contributed by atoms with E-state index in [0.29, 0.717) is 13.2 Å². The fraction of sp³-hybridized carbons (Fsp3) is 0.688. The van der Waals surface area contributed by atoms with Gasteiger partial charge in [-0.2, -0.15) is 0 Å². The van der Waals surface area contributed by atoms with E-state index in [0.717, 1.165) is 35.5 Å². The fourth-order valence-corrected chi connectivity index (χ4v) is 3.60. The zero-order valence-corrected chi connectivity index (χ0v) is 12.6. The molecule has 1 aliphatic carbocycles. The average Bonchev–Trinajstić information content (AvgIpc) is 2.71. The quantitative estimate of drug-likeness (QED) is 0.792. The van der Waals surface area contributed by atoms with Gasteiger partial charge in [0, 0.05) is 12.1 Å². The number of furan rings is 1. The van der Waals surface area contributed by atoms with Crippen molar-refractivity contribution in [3.05, 3.63) is 22.6 Å². The second-order valence-corrected chi connectivity index (χ2v) is 5.97. The van der Waals surface area contributed by atoms with E-state index >= 15 is 0 Å². The summed E-state index contributed by atoms with van der Waals surface area (Å²) in [5.74, 6) is 1.71. The van der Waals surface area contributed by atoms with E-state index in [-0.39, 0.29) is 18.1 Å². The predicted octanol–water partition coefficient (Wildman–Crippen LogP) is 2.99. The Hall–Kier alpha value is -1.29. The molecule has 3 rings (SSSR count). The lowest BCUT2D eigenvalue weighted by Gasteiger charge is -2.43. The molecule has 2 unspecified atom stereocenters. The minimum Gasteiger partial charge on any atom is -0.466 e. The molecule has 1 aromatic rings. The molecule has 1 aromatic heterocycles. The van der Waals surface area contributed by atoms with Gasteiger partial charge in [-0.1, -0.05) is 12.8 Å². The molecule has 1 saturated carbocycles. The zero-order valence-electron chi connectivity index (χ0n) is 12.6. The molecule has 0 N–H and O–H groups in total. The maximum atomic E-state index is 12.9. The Morgan fingerprint density at radius 1 is 1.15 bits per heavy atom. The van der Waals surface area contributed by atoms with E-state index < -0.39 is 0 Å². The van der Waals surface area contributed by atoms with Gasteiger partial charge >= 0.3 is 0 Å². The van der Waals surface area contributed by atoms with Crippen molar-refractivity contribution in [1.29, 1.82) is 0 Å². The number of hydrogen-bond acceptors (Lipinski definition) is 3. The van der Waals surface area contributed by atoms with E-state index in [1.807, 2.05) is 25.7 Å². The van der Waals surface area contributed by atoms with Crippen LogP contribution in [0.3, 0.4) is 0 Å². The summed E-state index contributed by atoms with van der Waals surface area (Å²) >= 11 is 0. The van der Waals surface area contributed by atoms with Gasteiger partial charge in [0.25, 0.3) is 5.91 Å². The zero-order chi connectivity index (χ0) is 14.3. The third kappa shape index (κ3) is 2.16. The Morgan fingerprint density at radius 2 is 1.90 bits per heavy atom. The molecule has 2 atom stereocenters. The summed E-state index contributed by atoms with van der Waals surface area (Å²) in [4.78, 5) is 14.9. The van der Waals surface area contributed by atoms with E-state index in [4.69, 9.17) is 9.15 Å². The predicted molar refractivity (Wildman–Crippen MR) is 76.0 cm³/mol. The van der Waals surface area contributed by atoms with Crippen LogP contribution in [0.2, 0.25) is 0 Å². The minimum absolute atomic E-state index is 0.122. The van der Waals surface area contributed by atoms with Crippen LogP contribution in [0.25, 0.3) is 0 Å². The number of carbonyl (C=O) groups is 1. The number of morpholine rings is 1. The highest BCUT2D eigenvalue weighted by Crippen LogP contribution is 2.31. The van der Waals surface area contributed by atoms with Crippen LogP contribution >= 0.6 is 0 Å². The van der Waals surface area contributed by atoms with Crippen LogP contribution in [0, 0.1) is 20.8 Å². The fourth-order valence-electron chi connectivity index (χ4n) is 3.60. The van der Waals surface area contributed by atoms with Gasteiger partial charge in [-0.05, 0) is 33.6 Å². The smallest absolute Gasteiger partial charge is 0.258 e. The average molecular weight is 277 g/mol. The van der Waals surface area contributed by atoms with Crippen LogP contribution in [0.15, 0.2) is 4.42 Å². The largest absolute Gasteiger partial charge is 0.466 e. The van der Waals surface area contributed by atoms with Gasteiger partial charge < -0.3 is 14.1 Å². The monoisotopic (exact) mass is 277 g/mol. The van der Waals surface area contributed by atoms with Crippen molar-refractivity contribution in [1.82, 2.24) is 4.90 Å². The second kappa shape index (κ2) is 5.24. The number of rotatable bonds is 1. The molecule has 20 heavy (non-hydrogen) atoms. The van der Waals surface area contributed by atoms with E-state index in [9.17, 15) is 4.79 Å². The van der Waals surface area contributed by atoms with Crippen molar-refractivity contribution < 1.29 is 13.9 Å². The molecule has 1 aliphatic heterocycles. The van der Waals surface area contributed by atoms with Gasteiger partial charge in [0.2, 0.25) is 0 Å². The molecule has 0 bridgehead atoms. The van der Waals surface area contributed by atoms with Crippen LogP contribution in [-0.4, -0.2) is 36.1 Å². The first kappa shape index (κ1) is 13.7. The Bertz CT molecular complexity index is 518. The first-order valence-corrected chi connectivity index (χ1v) is 7.58. The Balaban J connectivity index is 1.89. The summed E-state index contributed by atoms with van der Waals surface area (Å²) in [5.41, 5.74) is 1.74. The van der Waals surface area contributed by atoms with Crippen molar-refractivity contribution in [2.45, 2.75) is 58.6 Å². The van der Waals surface area contributed by atoms with Crippen LogP contribution < -0.4 is 0 Å². The highest BCUT2D eigenvalue weighted by atomic mass is 16.5. The van der Waals surface area contributed by atoms with E-state index in [1.165, 1.54) is 12.8 Å². The standard InChI is InChI=1S/C16H23NO3/c1-10-11(2)20-12(3)15(10)16(18)17-8-9-19-14-7-5-4-6-13(14)17/h13-14H,4-9H2,1-3H3. The minimum atomic E-state index is 0.122. The first-order chi connectivity index (χ1) is 9.59. The topological polar surface area (TPSA) is 42.7 Å². The number of aryl methyl sites for hydroxylation is 2. The molecule has 0 spiro atoms. The lowest BCUT2D eigenvalue weighted by atomic mass is 9.89. The molecule has 0 aromatic carbocycles. The number of ether oxygens (including phenoxy) is 1. The van der Waals surface area contributed by atoms with E-state index in [2.05, 4.69) is 0 Å². The van der Waals surface area contributed by atoms with Crippen molar-refractivity contribution in [3.63, 3.8) is 0 Å². The number of amides is 1. The van der Waals surface area contributed by atoms with Crippen molar-refractivity contribution in [3.8, 4) is 0 Å². The molecule has 0 radical (unpaired) electrons. The number of carbonyl (C=O) groups excluding carboxylic acids is 1. The van der Waals surface area contributed by atoms with Crippen LogP contribution in [0.5, 0.6) is 0 Å². The lowest BCUT2D eigenvalue weighted by Crippen LogP contribution is -2.55.